The molecule has 0 aliphatic carbocycles. The molecule has 23 heavy (non-hydrogen) atoms. The van der Waals surface area contributed by atoms with Crippen LogP contribution in [0.15, 0.2) is 54.6 Å². The van der Waals surface area contributed by atoms with Gasteiger partial charge in [-0.1, -0.05) is 42.5 Å². The molecule has 0 radical (unpaired) electrons. The SMILES string of the molecule is OCC(N[C@@H]1CCCN[C@@H]1c1ccccc1)c1ccc(F)cc1. The number of aliphatic hydroxyl groups is 1. The predicted octanol–water partition coefficient (Wildman–Crippen LogP) is 2.94. The summed E-state index contributed by atoms with van der Waals surface area (Å²) in [6, 6.07) is 17.0. The summed E-state index contributed by atoms with van der Waals surface area (Å²) in [4.78, 5) is 0. The summed E-state index contributed by atoms with van der Waals surface area (Å²) >= 11 is 0. The lowest BCUT2D eigenvalue weighted by Crippen LogP contribution is -2.47. The number of halogens is 1. The van der Waals surface area contributed by atoms with Crippen LogP contribution in [0.5, 0.6) is 0 Å². The van der Waals surface area contributed by atoms with E-state index in [9.17, 15) is 9.50 Å². The highest BCUT2D eigenvalue weighted by Gasteiger charge is 2.28. The fourth-order valence-electron chi connectivity index (χ4n) is 3.29. The monoisotopic (exact) mass is 314 g/mol. The van der Waals surface area contributed by atoms with E-state index in [1.165, 1.54) is 17.7 Å². The van der Waals surface area contributed by atoms with Crippen LogP contribution in [-0.4, -0.2) is 24.3 Å². The number of benzene rings is 2. The molecule has 2 aromatic carbocycles. The number of aliphatic hydroxyl groups excluding tert-OH is 1. The van der Waals surface area contributed by atoms with Crippen molar-refractivity contribution in [1.82, 2.24) is 10.6 Å². The van der Waals surface area contributed by atoms with E-state index in [-0.39, 0.29) is 30.5 Å². The van der Waals surface area contributed by atoms with Gasteiger partial charge in [-0.25, -0.2) is 4.39 Å². The maximum Gasteiger partial charge on any atom is 0.123 e. The summed E-state index contributed by atoms with van der Waals surface area (Å²) in [7, 11) is 0. The fourth-order valence-corrected chi connectivity index (χ4v) is 3.29. The number of rotatable bonds is 5. The van der Waals surface area contributed by atoms with Gasteiger partial charge in [-0.3, -0.25) is 0 Å². The van der Waals surface area contributed by atoms with Crippen LogP contribution in [0.3, 0.4) is 0 Å². The lowest BCUT2D eigenvalue weighted by atomic mass is 9.91. The van der Waals surface area contributed by atoms with Crippen molar-refractivity contribution in [2.45, 2.75) is 31.0 Å². The Morgan fingerprint density at radius 1 is 1.13 bits per heavy atom. The molecule has 0 saturated carbocycles. The van der Waals surface area contributed by atoms with Gasteiger partial charge in [-0.15, -0.1) is 0 Å². The van der Waals surface area contributed by atoms with Gasteiger partial charge in [0.25, 0.3) is 0 Å². The molecule has 1 saturated heterocycles. The predicted molar refractivity (Wildman–Crippen MR) is 89.6 cm³/mol. The number of piperidine rings is 1. The fraction of sp³-hybridized carbons (Fsp3) is 0.368. The Morgan fingerprint density at radius 2 is 1.87 bits per heavy atom. The first-order chi connectivity index (χ1) is 11.3. The molecule has 0 bridgehead atoms. The van der Waals surface area contributed by atoms with E-state index in [1.807, 2.05) is 18.2 Å². The normalized spacial score (nSPS) is 22.7. The first kappa shape index (κ1) is 16.1. The molecular formula is C19H23FN2O. The molecule has 0 spiro atoms. The van der Waals surface area contributed by atoms with Crippen LogP contribution < -0.4 is 10.6 Å². The average molecular weight is 314 g/mol. The van der Waals surface area contributed by atoms with Crippen molar-refractivity contribution in [3.63, 3.8) is 0 Å². The highest BCUT2D eigenvalue weighted by atomic mass is 19.1. The van der Waals surface area contributed by atoms with Gasteiger partial charge in [-0.2, -0.15) is 0 Å². The molecule has 0 amide bonds. The first-order valence-electron chi connectivity index (χ1n) is 8.18. The molecule has 1 aliphatic rings. The molecule has 1 fully saturated rings. The second kappa shape index (κ2) is 7.68. The summed E-state index contributed by atoms with van der Waals surface area (Å²) in [5, 5.41) is 16.9. The summed E-state index contributed by atoms with van der Waals surface area (Å²) in [5.41, 5.74) is 2.16. The van der Waals surface area contributed by atoms with Crippen LogP contribution in [0.1, 0.15) is 36.1 Å². The second-order valence-electron chi connectivity index (χ2n) is 6.04. The third kappa shape index (κ3) is 3.96. The highest BCUT2D eigenvalue weighted by molar-refractivity contribution is 5.23. The van der Waals surface area contributed by atoms with Crippen molar-refractivity contribution in [1.29, 1.82) is 0 Å². The van der Waals surface area contributed by atoms with E-state index >= 15 is 0 Å². The molecule has 0 aromatic heterocycles. The molecular weight excluding hydrogens is 291 g/mol. The second-order valence-corrected chi connectivity index (χ2v) is 6.04. The van der Waals surface area contributed by atoms with Gasteiger partial charge >= 0.3 is 0 Å². The quantitative estimate of drug-likeness (QED) is 0.795. The zero-order valence-corrected chi connectivity index (χ0v) is 13.1. The maximum absolute atomic E-state index is 13.1. The van der Waals surface area contributed by atoms with E-state index in [2.05, 4.69) is 22.8 Å². The van der Waals surface area contributed by atoms with E-state index in [0.717, 1.165) is 24.9 Å². The third-order valence-electron chi connectivity index (χ3n) is 4.49. The first-order valence-corrected chi connectivity index (χ1v) is 8.18. The molecule has 3 nitrogen and oxygen atoms in total. The van der Waals surface area contributed by atoms with Gasteiger partial charge in [0, 0.05) is 12.1 Å². The Morgan fingerprint density at radius 3 is 2.57 bits per heavy atom. The molecule has 1 aliphatic heterocycles. The zero-order chi connectivity index (χ0) is 16.1. The van der Waals surface area contributed by atoms with Crippen LogP contribution in [0.25, 0.3) is 0 Å². The van der Waals surface area contributed by atoms with Crippen molar-refractivity contribution in [3.8, 4) is 0 Å². The van der Waals surface area contributed by atoms with Gasteiger partial charge in [0.05, 0.1) is 12.6 Å². The zero-order valence-electron chi connectivity index (χ0n) is 13.1. The molecule has 2 aromatic rings. The molecule has 3 N–H and O–H groups in total. The Balaban J connectivity index is 1.76. The molecule has 1 unspecified atom stereocenters. The van der Waals surface area contributed by atoms with Crippen molar-refractivity contribution in [2.24, 2.45) is 0 Å². The number of hydrogen-bond donors (Lipinski definition) is 3. The Hall–Kier alpha value is -1.75. The lowest BCUT2D eigenvalue weighted by molar-refractivity contribution is 0.206. The standard InChI is InChI=1S/C19H23FN2O/c20-16-10-8-14(9-11-16)18(13-23)22-17-7-4-12-21-19(17)15-5-2-1-3-6-15/h1-3,5-6,8-11,17-19,21-23H,4,7,12-13H2/t17-,18?,19-/m1/s1. The van der Waals surface area contributed by atoms with Gasteiger partial charge in [0.1, 0.15) is 5.82 Å². The highest BCUT2D eigenvalue weighted by Crippen LogP contribution is 2.26. The average Bonchev–Trinajstić information content (AvgIpc) is 2.62. The summed E-state index contributed by atoms with van der Waals surface area (Å²) in [6.07, 6.45) is 2.15. The van der Waals surface area contributed by atoms with Crippen molar-refractivity contribution in [3.05, 3.63) is 71.5 Å². The topological polar surface area (TPSA) is 44.3 Å². The summed E-state index contributed by atoms with van der Waals surface area (Å²) < 4.78 is 13.1. The molecule has 3 atom stereocenters. The van der Waals surface area contributed by atoms with Crippen molar-refractivity contribution in [2.75, 3.05) is 13.2 Å². The largest absolute Gasteiger partial charge is 0.394 e. The van der Waals surface area contributed by atoms with Crippen LogP contribution in [0.2, 0.25) is 0 Å². The van der Waals surface area contributed by atoms with Crippen LogP contribution in [0, 0.1) is 5.82 Å². The van der Waals surface area contributed by atoms with E-state index < -0.39 is 0 Å². The van der Waals surface area contributed by atoms with Crippen molar-refractivity contribution < 1.29 is 9.50 Å². The summed E-state index contributed by atoms with van der Waals surface area (Å²) in [5.74, 6) is -0.257. The van der Waals surface area contributed by atoms with Crippen molar-refractivity contribution >= 4 is 0 Å². The smallest absolute Gasteiger partial charge is 0.123 e. The Bertz CT molecular complexity index is 603. The molecule has 1 heterocycles. The Kier molecular flexibility index (Phi) is 5.39. The Labute approximate surface area is 136 Å². The minimum absolute atomic E-state index is 0.0103. The summed E-state index contributed by atoms with van der Waals surface area (Å²) in [6.45, 7) is 0.988. The van der Waals surface area contributed by atoms with Crippen LogP contribution >= 0.6 is 0 Å². The minimum Gasteiger partial charge on any atom is -0.394 e. The van der Waals surface area contributed by atoms with Crippen LogP contribution in [-0.2, 0) is 0 Å². The third-order valence-corrected chi connectivity index (χ3v) is 4.49. The number of nitrogens with one attached hydrogen (secondary N) is 2. The van der Waals surface area contributed by atoms with E-state index in [4.69, 9.17) is 0 Å². The number of hydrogen-bond acceptors (Lipinski definition) is 3. The minimum atomic E-state index is -0.257. The van der Waals surface area contributed by atoms with Gasteiger partial charge in [-0.05, 0) is 42.6 Å². The van der Waals surface area contributed by atoms with E-state index in [0.29, 0.717) is 0 Å². The lowest BCUT2D eigenvalue weighted by Gasteiger charge is -2.36. The molecule has 122 valence electrons. The van der Waals surface area contributed by atoms with Gasteiger partial charge in [0.2, 0.25) is 0 Å². The van der Waals surface area contributed by atoms with Gasteiger partial charge < -0.3 is 15.7 Å². The molecule has 4 heteroatoms. The van der Waals surface area contributed by atoms with Crippen LogP contribution in [0.4, 0.5) is 4.39 Å². The molecule has 3 rings (SSSR count). The van der Waals surface area contributed by atoms with Gasteiger partial charge in [0.15, 0.2) is 0 Å². The maximum atomic E-state index is 13.1. The van der Waals surface area contributed by atoms with E-state index in [1.54, 1.807) is 12.1 Å².